The SMILES string of the molecule is CCOC(=O)C(C(=O)OCC)C(C)C1CCCN1C(=O)OC(C)(C)C. The molecule has 2 atom stereocenters. The Bertz CT molecular complexity index is 466. The van der Waals surface area contributed by atoms with Gasteiger partial charge in [-0.2, -0.15) is 0 Å². The summed E-state index contributed by atoms with van der Waals surface area (Å²) >= 11 is 0. The van der Waals surface area contributed by atoms with Crippen LogP contribution in [-0.4, -0.2) is 54.3 Å². The van der Waals surface area contributed by atoms with Crippen LogP contribution in [0, 0.1) is 11.8 Å². The Labute approximate surface area is 150 Å². The van der Waals surface area contributed by atoms with E-state index in [-0.39, 0.29) is 19.3 Å². The fourth-order valence-corrected chi connectivity index (χ4v) is 3.10. The highest BCUT2D eigenvalue weighted by molar-refractivity contribution is 5.95. The van der Waals surface area contributed by atoms with Crippen LogP contribution in [-0.2, 0) is 23.8 Å². The second-order valence-electron chi connectivity index (χ2n) is 7.22. The molecule has 0 aliphatic carbocycles. The first-order valence-electron chi connectivity index (χ1n) is 8.95. The number of nitrogens with zero attached hydrogens (tertiary/aromatic N) is 1. The van der Waals surface area contributed by atoms with Crippen molar-refractivity contribution >= 4 is 18.0 Å². The van der Waals surface area contributed by atoms with E-state index >= 15 is 0 Å². The zero-order chi connectivity index (χ0) is 19.2. The van der Waals surface area contributed by atoms with Crippen LogP contribution in [0.2, 0.25) is 0 Å². The van der Waals surface area contributed by atoms with Crippen LogP contribution >= 0.6 is 0 Å². The van der Waals surface area contributed by atoms with Gasteiger partial charge in [-0.05, 0) is 47.5 Å². The predicted molar refractivity (Wildman–Crippen MR) is 91.9 cm³/mol. The van der Waals surface area contributed by atoms with Crippen molar-refractivity contribution < 1.29 is 28.6 Å². The lowest BCUT2D eigenvalue weighted by atomic mass is 9.86. The number of amides is 1. The molecule has 7 heteroatoms. The normalized spacial score (nSPS) is 18.8. The van der Waals surface area contributed by atoms with Gasteiger partial charge in [0.1, 0.15) is 5.60 Å². The summed E-state index contributed by atoms with van der Waals surface area (Å²) < 4.78 is 15.6. The van der Waals surface area contributed by atoms with E-state index < -0.39 is 35.5 Å². The molecule has 0 radical (unpaired) electrons. The molecule has 25 heavy (non-hydrogen) atoms. The van der Waals surface area contributed by atoms with Crippen molar-refractivity contribution in [3.63, 3.8) is 0 Å². The Kier molecular flexibility index (Phi) is 7.70. The Morgan fingerprint density at radius 1 is 1.08 bits per heavy atom. The largest absolute Gasteiger partial charge is 0.465 e. The van der Waals surface area contributed by atoms with Crippen LogP contribution in [0.4, 0.5) is 4.79 Å². The number of likely N-dealkylation sites (tertiary alicyclic amines) is 1. The minimum Gasteiger partial charge on any atom is -0.465 e. The van der Waals surface area contributed by atoms with Crippen molar-refractivity contribution in [3.8, 4) is 0 Å². The lowest BCUT2D eigenvalue weighted by Gasteiger charge is -2.33. The van der Waals surface area contributed by atoms with Crippen LogP contribution in [0.15, 0.2) is 0 Å². The molecule has 144 valence electrons. The number of esters is 2. The molecule has 0 N–H and O–H groups in total. The van der Waals surface area contributed by atoms with Crippen molar-refractivity contribution in [2.75, 3.05) is 19.8 Å². The van der Waals surface area contributed by atoms with Gasteiger partial charge in [-0.1, -0.05) is 6.92 Å². The molecule has 2 unspecified atom stereocenters. The Morgan fingerprint density at radius 2 is 1.60 bits per heavy atom. The fourth-order valence-electron chi connectivity index (χ4n) is 3.10. The molecule has 1 rings (SSSR count). The number of ether oxygens (including phenoxy) is 3. The van der Waals surface area contributed by atoms with Crippen LogP contribution < -0.4 is 0 Å². The van der Waals surface area contributed by atoms with Crippen LogP contribution in [0.3, 0.4) is 0 Å². The summed E-state index contributed by atoms with van der Waals surface area (Å²) in [5.41, 5.74) is -0.602. The maximum atomic E-state index is 12.5. The van der Waals surface area contributed by atoms with Crippen molar-refractivity contribution in [1.29, 1.82) is 0 Å². The molecule has 1 saturated heterocycles. The lowest BCUT2D eigenvalue weighted by Crippen LogP contribution is -2.47. The molecule has 7 nitrogen and oxygen atoms in total. The number of carbonyl (C=O) groups is 3. The van der Waals surface area contributed by atoms with Gasteiger partial charge in [-0.3, -0.25) is 9.59 Å². The molecule has 0 aromatic carbocycles. The van der Waals surface area contributed by atoms with Crippen LogP contribution in [0.5, 0.6) is 0 Å². The lowest BCUT2D eigenvalue weighted by molar-refractivity contribution is -0.165. The highest BCUT2D eigenvalue weighted by Crippen LogP contribution is 2.31. The van der Waals surface area contributed by atoms with E-state index in [4.69, 9.17) is 14.2 Å². The fraction of sp³-hybridized carbons (Fsp3) is 0.833. The first kappa shape index (κ1) is 21.3. The van der Waals surface area contributed by atoms with Gasteiger partial charge < -0.3 is 19.1 Å². The number of hydrogen-bond donors (Lipinski definition) is 0. The van der Waals surface area contributed by atoms with Gasteiger partial charge >= 0.3 is 18.0 Å². The molecule has 1 heterocycles. The summed E-state index contributed by atoms with van der Waals surface area (Å²) in [4.78, 5) is 38.7. The smallest absolute Gasteiger partial charge is 0.410 e. The van der Waals surface area contributed by atoms with Gasteiger partial charge in [0.05, 0.1) is 13.2 Å². The molecule has 0 bridgehead atoms. The number of rotatable bonds is 6. The third-order valence-electron chi connectivity index (χ3n) is 4.14. The quantitative estimate of drug-likeness (QED) is 0.413. The molecule has 0 saturated carbocycles. The summed E-state index contributed by atoms with van der Waals surface area (Å²) in [6, 6.07) is -0.270. The second-order valence-corrected chi connectivity index (χ2v) is 7.22. The topological polar surface area (TPSA) is 82.1 Å². The van der Waals surface area contributed by atoms with Gasteiger partial charge in [0.2, 0.25) is 0 Å². The predicted octanol–water partition coefficient (Wildman–Crippen LogP) is 2.76. The Morgan fingerprint density at radius 3 is 2.04 bits per heavy atom. The van der Waals surface area contributed by atoms with Crippen molar-refractivity contribution in [1.82, 2.24) is 4.90 Å². The second kappa shape index (κ2) is 9.06. The molecule has 1 amide bonds. The van der Waals surface area contributed by atoms with Gasteiger partial charge in [0, 0.05) is 18.5 Å². The maximum absolute atomic E-state index is 12.5. The molecule has 1 aliphatic rings. The van der Waals surface area contributed by atoms with Crippen molar-refractivity contribution in [2.45, 2.75) is 66.0 Å². The first-order valence-corrected chi connectivity index (χ1v) is 8.95. The van der Waals surface area contributed by atoms with E-state index in [9.17, 15) is 14.4 Å². The Hall–Kier alpha value is -1.79. The summed E-state index contributed by atoms with van der Waals surface area (Å²) in [6.07, 6.45) is 1.08. The van der Waals surface area contributed by atoms with Crippen LogP contribution in [0.25, 0.3) is 0 Å². The molecule has 0 spiro atoms. The first-order chi connectivity index (χ1) is 11.6. The monoisotopic (exact) mass is 357 g/mol. The molecular weight excluding hydrogens is 326 g/mol. The minimum absolute atomic E-state index is 0.182. The van der Waals surface area contributed by atoms with Gasteiger partial charge in [0.15, 0.2) is 5.92 Å². The average molecular weight is 357 g/mol. The van der Waals surface area contributed by atoms with Gasteiger partial charge in [0.25, 0.3) is 0 Å². The highest BCUT2D eigenvalue weighted by atomic mass is 16.6. The van der Waals surface area contributed by atoms with E-state index in [1.807, 2.05) is 0 Å². The summed E-state index contributed by atoms with van der Waals surface area (Å²) in [5, 5.41) is 0. The summed E-state index contributed by atoms with van der Waals surface area (Å²) in [6.45, 7) is 11.5. The van der Waals surface area contributed by atoms with Crippen molar-refractivity contribution in [3.05, 3.63) is 0 Å². The zero-order valence-electron chi connectivity index (χ0n) is 16.2. The Balaban J connectivity index is 2.97. The van der Waals surface area contributed by atoms with E-state index in [1.54, 1.807) is 46.4 Å². The van der Waals surface area contributed by atoms with E-state index in [1.165, 1.54) is 0 Å². The van der Waals surface area contributed by atoms with Gasteiger partial charge in [-0.15, -0.1) is 0 Å². The van der Waals surface area contributed by atoms with E-state index in [0.29, 0.717) is 13.0 Å². The molecule has 0 aromatic rings. The molecule has 1 aliphatic heterocycles. The average Bonchev–Trinajstić information content (AvgIpc) is 2.95. The number of carbonyl (C=O) groups excluding carboxylic acids is 3. The maximum Gasteiger partial charge on any atom is 0.410 e. The summed E-state index contributed by atoms with van der Waals surface area (Å²) in [5.74, 6) is -2.69. The third kappa shape index (κ3) is 5.90. The zero-order valence-corrected chi connectivity index (χ0v) is 16.2. The summed E-state index contributed by atoms with van der Waals surface area (Å²) in [7, 11) is 0. The van der Waals surface area contributed by atoms with E-state index in [2.05, 4.69) is 0 Å². The molecule has 0 aromatic heterocycles. The number of hydrogen-bond acceptors (Lipinski definition) is 6. The van der Waals surface area contributed by atoms with Crippen molar-refractivity contribution in [2.24, 2.45) is 11.8 Å². The molecular formula is C18H31NO6. The minimum atomic E-state index is -1.05. The van der Waals surface area contributed by atoms with Crippen LogP contribution in [0.1, 0.15) is 54.4 Å². The van der Waals surface area contributed by atoms with E-state index in [0.717, 1.165) is 6.42 Å². The highest BCUT2D eigenvalue weighted by Gasteiger charge is 2.44. The standard InChI is InChI=1S/C18H31NO6/c1-7-23-15(20)14(16(21)24-8-2)12(3)13-10-9-11-19(13)17(22)25-18(4,5)6/h12-14H,7-11H2,1-6H3. The van der Waals surface area contributed by atoms with Gasteiger partial charge in [-0.25, -0.2) is 4.79 Å². The third-order valence-corrected chi connectivity index (χ3v) is 4.14. The molecule has 1 fully saturated rings.